The molecule has 1 aromatic rings. The number of aliphatic hydroxyl groups is 1. The Morgan fingerprint density at radius 3 is 2.37 bits per heavy atom. The Kier molecular flexibility index (Phi) is 6.82. The number of nitrogens with zero attached hydrogens (tertiary/aromatic N) is 1. The number of halogens is 1. The first-order valence-electron chi connectivity index (χ1n) is 10.7. The van der Waals surface area contributed by atoms with Gasteiger partial charge in [0.1, 0.15) is 11.9 Å². The molecule has 170 valence electrons. The Morgan fingerprint density at radius 1 is 1.27 bits per heavy atom. The number of amides is 1. The van der Waals surface area contributed by atoms with Gasteiger partial charge in [0.2, 0.25) is 0 Å². The molecule has 1 heterocycles. The summed E-state index contributed by atoms with van der Waals surface area (Å²) in [7, 11) is -2.09. The molecular weight excluding hydrogens is 401 g/mol. The van der Waals surface area contributed by atoms with Gasteiger partial charge in [0.05, 0.1) is 12.1 Å². The number of hydrogen-bond acceptors (Lipinski definition) is 3. The highest BCUT2D eigenvalue weighted by atomic mass is 28.4. The van der Waals surface area contributed by atoms with E-state index in [1.54, 1.807) is 6.07 Å². The van der Waals surface area contributed by atoms with Gasteiger partial charge in [0, 0.05) is 6.54 Å². The van der Waals surface area contributed by atoms with Crippen LogP contribution in [0.3, 0.4) is 0 Å². The van der Waals surface area contributed by atoms with Crippen molar-refractivity contribution in [1.29, 1.82) is 0 Å². The second kappa shape index (κ2) is 8.24. The summed E-state index contributed by atoms with van der Waals surface area (Å²) in [4.78, 5) is 13.4. The standard InChI is InChI=1S/C23H38FNO4Si/c1-21(2,3)23(12-9-13-25(23)20(27)28)19(26)18-11-10-17(24)14-16(18)15-29-30(7,8)22(4,5)6/h10-11,14,19,26H,9,12-13,15H2,1-8H3,(H,27,28)/t19?,23-/m1/s1. The first-order valence-corrected chi connectivity index (χ1v) is 13.6. The third kappa shape index (κ3) is 4.43. The van der Waals surface area contributed by atoms with Gasteiger partial charge in [-0.2, -0.15) is 0 Å². The quantitative estimate of drug-likeness (QED) is 0.557. The van der Waals surface area contributed by atoms with Crippen LogP contribution in [-0.2, 0) is 11.0 Å². The predicted molar refractivity (Wildman–Crippen MR) is 119 cm³/mol. The molecule has 0 aliphatic carbocycles. The molecule has 0 aromatic heterocycles. The molecule has 1 amide bonds. The maximum absolute atomic E-state index is 14.1. The van der Waals surface area contributed by atoms with Gasteiger partial charge < -0.3 is 14.6 Å². The van der Waals surface area contributed by atoms with Gasteiger partial charge in [-0.25, -0.2) is 9.18 Å². The zero-order chi connectivity index (χ0) is 23.1. The average Bonchev–Trinajstić information content (AvgIpc) is 3.05. The monoisotopic (exact) mass is 439 g/mol. The van der Waals surface area contributed by atoms with Crippen molar-refractivity contribution in [2.75, 3.05) is 6.54 Å². The van der Waals surface area contributed by atoms with Crippen molar-refractivity contribution in [3.05, 3.63) is 35.1 Å². The van der Waals surface area contributed by atoms with Gasteiger partial charge in [-0.15, -0.1) is 0 Å². The minimum atomic E-state index is -2.09. The van der Waals surface area contributed by atoms with Crippen LogP contribution in [0.4, 0.5) is 9.18 Å². The van der Waals surface area contributed by atoms with E-state index in [0.717, 1.165) is 0 Å². The number of hydrogen-bond donors (Lipinski definition) is 2. The lowest BCUT2D eigenvalue weighted by atomic mass is 9.66. The van der Waals surface area contributed by atoms with E-state index in [2.05, 4.69) is 33.9 Å². The highest BCUT2D eigenvalue weighted by Crippen LogP contribution is 2.52. The molecule has 1 saturated heterocycles. The molecule has 7 heteroatoms. The molecule has 1 aromatic carbocycles. The number of rotatable bonds is 5. The number of carbonyl (C=O) groups is 1. The van der Waals surface area contributed by atoms with Gasteiger partial charge in [-0.1, -0.05) is 47.6 Å². The third-order valence-electron chi connectivity index (χ3n) is 7.20. The fraction of sp³-hybridized carbons (Fsp3) is 0.696. The summed E-state index contributed by atoms with van der Waals surface area (Å²) in [5.41, 5.74) is -0.401. The summed E-state index contributed by atoms with van der Waals surface area (Å²) in [5.74, 6) is -0.397. The molecule has 1 aliphatic heterocycles. The van der Waals surface area contributed by atoms with Gasteiger partial charge >= 0.3 is 6.09 Å². The molecule has 0 bridgehead atoms. The maximum atomic E-state index is 14.1. The SMILES string of the molecule is CC(C)(C)[C@]1(C(O)c2ccc(F)cc2CO[Si](C)(C)C(C)(C)C)CCCN1C(=O)O. The second-order valence-electron chi connectivity index (χ2n) is 11.0. The van der Waals surface area contributed by atoms with Crippen LogP contribution >= 0.6 is 0 Å². The van der Waals surface area contributed by atoms with E-state index in [0.29, 0.717) is 30.5 Å². The third-order valence-corrected chi connectivity index (χ3v) is 11.7. The van der Waals surface area contributed by atoms with Crippen molar-refractivity contribution in [2.24, 2.45) is 5.41 Å². The maximum Gasteiger partial charge on any atom is 0.407 e. The highest BCUT2D eigenvalue weighted by molar-refractivity contribution is 6.74. The smallest absolute Gasteiger partial charge is 0.407 e. The number of likely N-dealkylation sites (tertiary alicyclic amines) is 1. The van der Waals surface area contributed by atoms with E-state index in [1.165, 1.54) is 17.0 Å². The van der Waals surface area contributed by atoms with Crippen LogP contribution in [0, 0.1) is 11.2 Å². The molecule has 0 spiro atoms. The van der Waals surface area contributed by atoms with E-state index in [9.17, 15) is 19.4 Å². The molecule has 5 nitrogen and oxygen atoms in total. The molecule has 2 atom stereocenters. The van der Waals surface area contributed by atoms with Crippen LogP contribution in [0.25, 0.3) is 0 Å². The zero-order valence-electron chi connectivity index (χ0n) is 19.7. The summed E-state index contributed by atoms with van der Waals surface area (Å²) in [6.45, 7) is 17.1. The zero-order valence-corrected chi connectivity index (χ0v) is 20.7. The Labute approximate surface area is 181 Å². The lowest BCUT2D eigenvalue weighted by Gasteiger charge is -2.50. The number of carboxylic acid groups (broad SMARTS) is 1. The Balaban J connectivity index is 2.51. The minimum Gasteiger partial charge on any atom is -0.465 e. The molecule has 0 saturated carbocycles. The van der Waals surface area contributed by atoms with Crippen LogP contribution in [-0.4, -0.2) is 41.6 Å². The van der Waals surface area contributed by atoms with Crippen LogP contribution in [0.2, 0.25) is 18.1 Å². The highest BCUT2D eigenvalue weighted by Gasteiger charge is 2.57. The summed E-state index contributed by atoms with van der Waals surface area (Å²) in [6.07, 6.45) is -0.904. The van der Waals surface area contributed by atoms with Crippen LogP contribution in [0.5, 0.6) is 0 Å². The van der Waals surface area contributed by atoms with Crippen molar-refractivity contribution in [3.8, 4) is 0 Å². The first kappa shape index (κ1) is 24.8. The predicted octanol–water partition coefficient (Wildman–Crippen LogP) is 5.94. The fourth-order valence-electron chi connectivity index (χ4n) is 4.28. The van der Waals surface area contributed by atoms with Crippen LogP contribution in [0.15, 0.2) is 18.2 Å². The minimum absolute atomic E-state index is 0.00268. The lowest BCUT2D eigenvalue weighted by molar-refractivity contribution is -0.0676. The normalized spacial score (nSPS) is 21.7. The van der Waals surface area contributed by atoms with Crippen molar-refractivity contribution in [3.63, 3.8) is 0 Å². The second-order valence-corrected chi connectivity index (χ2v) is 15.8. The van der Waals surface area contributed by atoms with Crippen molar-refractivity contribution < 1.29 is 23.8 Å². The Hall–Kier alpha value is -1.44. The molecule has 1 fully saturated rings. The average molecular weight is 440 g/mol. The molecule has 2 N–H and O–H groups in total. The van der Waals surface area contributed by atoms with Crippen molar-refractivity contribution in [2.45, 2.75) is 90.8 Å². The number of benzene rings is 1. The molecular formula is C23H38FNO4Si. The summed E-state index contributed by atoms with van der Waals surface area (Å²) >= 11 is 0. The van der Waals surface area contributed by atoms with Crippen molar-refractivity contribution >= 4 is 14.4 Å². The van der Waals surface area contributed by atoms with Gasteiger partial charge in [-0.05, 0) is 59.6 Å². The molecule has 1 aliphatic rings. The largest absolute Gasteiger partial charge is 0.465 e. The Bertz CT molecular complexity index is 784. The lowest BCUT2D eigenvalue weighted by Crippen LogP contribution is -2.59. The van der Waals surface area contributed by atoms with Crippen LogP contribution < -0.4 is 0 Å². The van der Waals surface area contributed by atoms with E-state index in [4.69, 9.17) is 4.43 Å². The summed E-state index contributed by atoms with van der Waals surface area (Å²) < 4.78 is 20.5. The molecule has 2 rings (SSSR count). The molecule has 0 radical (unpaired) electrons. The topological polar surface area (TPSA) is 70.0 Å². The van der Waals surface area contributed by atoms with E-state index >= 15 is 0 Å². The fourth-order valence-corrected chi connectivity index (χ4v) is 5.23. The Morgan fingerprint density at radius 2 is 1.87 bits per heavy atom. The molecule has 30 heavy (non-hydrogen) atoms. The van der Waals surface area contributed by atoms with E-state index in [1.807, 2.05) is 20.8 Å². The van der Waals surface area contributed by atoms with Gasteiger partial charge in [0.25, 0.3) is 0 Å². The summed E-state index contributed by atoms with van der Waals surface area (Å²) in [5, 5.41) is 21.5. The summed E-state index contributed by atoms with van der Waals surface area (Å²) in [6, 6.07) is 4.31. The van der Waals surface area contributed by atoms with Crippen LogP contribution in [0.1, 0.15) is 71.6 Å². The first-order chi connectivity index (χ1) is 13.5. The van der Waals surface area contributed by atoms with E-state index in [-0.39, 0.29) is 11.6 Å². The van der Waals surface area contributed by atoms with Gasteiger partial charge in [0.15, 0.2) is 8.32 Å². The molecule has 1 unspecified atom stereocenters. The number of aliphatic hydroxyl groups excluding tert-OH is 1. The van der Waals surface area contributed by atoms with E-state index < -0.39 is 37.3 Å². The van der Waals surface area contributed by atoms with Crippen molar-refractivity contribution in [1.82, 2.24) is 4.90 Å². The van der Waals surface area contributed by atoms with Gasteiger partial charge in [-0.3, -0.25) is 4.90 Å².